The van der Waals surface area contributed by atoms with Crippen LogP contribution in [0.25, 0.3) is 0 Å². The Morgan fingerprint density at radius 2 is 1.62 bits per heavy atom. The number of hydrogen-bond donors (Lipinski definition) is 1. The third-order valence-electron chi connectivity index (χ3n) is 0.211. The van der Waals surface area contributed by atoms with E-state index in [1.165, 1.54) is 0 Å². The molecule has 0 amide bonds. The van der Waals surface area contributed by atoms with Crippen LogP contribution in [0.1, 0.15) is 0 Å². The quantitative estimate of drug-likeness (QED) is 0.430. The van der Waals surface area contributed by atoms with Gasteiger partial charge in [0, 0.05) is 0 Å². The van der Waals surface area contributed by atoms with E-state index < -0.39 is 10.4 Å². The minimum Gasteiger partial charge on any atom is -0.264 e. The molecule has 8 heavy (non-hydrogen) atoms. The molecule has 6 heteroatoms. The third kappa shape index (κ3) is 16.3. The summed E-state index contributed by atoms with van der Waals surface area (Å²) in [5.74, 6) is 0. The zero-order valence-electron chi connectivity index (χ0n) is 4.66. The zero-order valence-corrected chi connectivity index (χ0v) is 6.63. The van der Waals surface area contributed by atoms with Crippen LogP contribution in [0.5, 0.6) is 0 Å². The van der Waals surface area contributed by atoms with Crippen molar-refractivity contribution in [3.8, 4) is 0 Å². The largest absolute Gasteiger partial charge is 0.397 e. The van der Waals surface area contributed by atoms with E-state index in [4.69, 9.17) is 4.55 Å². The van der Waals surface area contributed by atoms with Gasteiger partial charge in [-0.3, -0.25) is 8.74 Å². The summed E-state index contributed by atoms with van der Waals surface area (Å²) in [6.07, 6.45) is 0. The molecular formula is C2H9O4PS. The standard InChI is InChI=1S/CH4O4S.CH5P/c1-5-6(2,3)4;1-2/h1H3,(H,2,3,4);2H2,1H3. The average Bonchev–Trinajstić information content (AvgIpc) is 1.71. The predicted molar refractivity (Wildman–Crippen MR) is 34.2 cm³/mol. The second kappa shape index (κ2) is 5.44. The molecule has 0 aliphatic rings. The highest BCUT2D eigenvalue weighted by molar-refractivity contribution is 7.80. The van der Waals surface area contributed by atoms with E-state index in [2.05, 4.69) is 13.4 Å². The first-order chi connectivity index (χ1) is 3.56. The summed E-state index contributed by atoms with van der Waals surface area (Å²) in [5.41, 5.74) is 0. The molecule has 0 aliphatic heterocycles. The molecule has 0 rings (SSSR count). The highest BCUT2D eigenvalue weighted by atomic mass is 32.3. The lowest BCUT2D eigenvalue weighted by atomic mass is 11.8. The Labute approximate surface area is 51.4 Å². The summed E-state index contributed by atoms with van der Waals surface area (Å²) in [7, 11) is -0.875. The SMILES string of the molecule is COS(=O)(=O)O.CP. The topological polar surface area (TPSA) is 63.6 Å². The van der Waals surface area contributed by atoms with Gasteiger partial charge in [0.05, 0.1) is 7.11 Å². The maximum absolute atomic E-state index is 9.33. The Kier molecular flexibility index (Phi) is 7.57. The summed E-state index contributed by atoms with van der Waals surface area (Å²) in [5, 5.41) is 0. The third-order valence-corrected chi connectivity index (χ3v) is 0.632. The van der Waals surface area contributed by atoms with Crippen molar-refractivity contribution in [2.45, 2.75) is 0 Å². The fraction of sp³-hybridized carbons (Fsp3) is 1.00. The van der Waals surface area contributed by atoms with E-state index in [0.717, 1.165) is 7.11 Å². The van der Waals surface area contributed by atoms with E-state index in [1.807, 2.05) is 6.66 Å². The second-order valence-corrected chi connectivity index (χ2v) is 1.78. The molecule has 4 nitrogen and oxygen atoms in total. The van der Waals surface area contributed by atoms with Gasteiger partial charge in [-0.25, -0.2) is 0 Å². The molecule has 52 valence electrons. The monoisotopic (exact) mass is 160 g/mol. The molecule has 1 unspecified atom stereocenters. The van der Waals surface area contributed by atoms with Crippen LogP contribution < -0.4 is 0 Å². The molecule has 0 saturated heterocycles. The lowest BCUT2D eigenvalue weighted by molar-refractivity contribution is 0.324. The molecule has 0 aromatic rings. The first-order valence-corrected chi connectivity index (χ1v) is 4.19. The lowest BCUT2D eigenvalue weighted by Crippen LogP contribution is -1.96. The summed E-state index contributed by atoms with van der Waals surface area (Å²) < 4.78 is 29.7. The Bertz CT molecular complexity index is 116. The molecule has 0 fully saturated rings. The maximum Gasteiger partial charge on any atom is 0.397 e. The molecule has 0 aromatic heterocycles. The van der Waals surface area contributed by atoms with Gasteiger partial charge < -0.3 is 0 Å². The van der Waals surface area contributed by atoms with Gasteiger partial charge in [-0.15, -0.1) is 9.24 Å². The van der Waals surface area contributed by atoms with Crippen LogP contribution in [0.15, 0.2) is 0 Å². The van der Waals surface area contributed by atoms with Gasteiger partial charge in [0.15, 0.2) is 0 Å². The number of rotatable bonds is 1. The van der Waals surface area contributed by atoms with Crippen LogP contribution in [0.4, 0.5) is 0 Å². The Hall–Kier alpha value is 0.300. The van der Waals surface area contributed by atoms with Crippen molar-refractivity contribution in [2.75, 3.05) is 13.8 Å². The molecule has 1 atom stereocenters. The van der Waals surface area contributed by atoms with Crippen molar-refractivity contribution >= 4 is 19.6 Å². The molecular weight excluding hydrogens is 151 g/mol. The van der Waals surface area contributed by atoms with Crippen LogP contribution in [-0.4, -0.2) is 26.7 Å². The Balaban J connectivity index is 0. The van der Waals surface area contributed by atoms with E-state index in [-0.39, 0.29) is 0 Å². The molecule has 0 bridgehead atoms. The van der Waals surface area contributed by atoms with Crippen molar-refractivity contribution in [1.29, 1.82) is 0 Å². The van der Waals surface area contributed by atoms with Gasteiger partial charge in [-0.05, 0) is 0 Å². The van der Waals surface area contributed by atoms with Crippen molar-refractivity contribution in [3.05, 3.63) is 0 Å². The molecule has 0 aromatic carbocycles. The van der Waals surface area contributed by atoms with E-state index in [0.29, 0.717) is 0 Å². The molecule has 0 saturated carbocycles. The number of hydrogen-bond acceptors (Lipinski definition) is 3. The van der Waals surface area contributed by atoms with Crippen LogP contribution in [0, 0.1) is 0 Å². The predicted octanol–water partition coefficient (Wildman–Crippen LogP) is -0.0731. The first kappa shape index (κ1) is 11.1. The summed E-state index contributed by atoms with van der Waals surface area (Å²) in [6.45, 7) is 1.92. The minimum atomic E-state index is -4.16. The van der Waals surface area contributed by atoms with Crippen molar-refractivity contribution < 1.29 is 17.2 Å². The molecule has 0 heterocycles. The highest BCUT2D eigenvalue weighted by Gasteiger charge is 1.93. The zero-order chi connectivity index (χ0) is 7.21. The first-order valence-electron chi connectivity index (χ1n) is 1.67. The van der Waals surface area contributed by atoms with Crippen LogP contribution >= 0.6 is 9.24 Å². The molecule has 0 radical (unpaired) electrons. The van der Waals surface area contributed by atoms with Crippen LogP contribution in [0.2, 0.25) is 0 Å². The van der Waals surface area contributed by atoms with Gasteiger partial charge in [0.1, 0.15) is 0 Å². The fourth-order valence-corrected chi connectivity index (χ4v) is 0. The van der Waals surface area contributed by atoms with E-state index in [1.54, 1.807) is 0 Å². The maximum atomic E-state index is 9.33. The molecule has 0 spiro atoms. The van der Waals surface area contributed by atoms with Crippen LogP contribution in [0.3, 0.4) is 0 Å². The lowest BCUT2D eigenvalue weighted by Gasteiger charge is -1.82. The van der Waals surface area contributed by atoms with Crippen molar-refractivity contribution in [1.82, 2.24) is 0 Å². The van der Waals surface area contributed by atoms with Crippen molar-refractivity contribution in [3.63, 3.8) is 0 Å². The van der Waals surface area contributed by atoms with Gasteiger partial charge in [0.2, 0.25) is 0 Å². The molecule has 1 N–H and O–H groups in total. The molecule has 0 aliphatic carbocycles. The van der Waals surface area contributed by atoms with Gasteiger partial charge in [-0.2, -0.15) is 8.42 Å². The minimum absolute atomic E-state index is 0.870. The fourth-order valence-electron chi connectivity index (χ4n) is 0. The second-order valence-electron chi connectivity index (χ2n) is 0.594. The Morgan fingerprint density at radius 1 is 1.50 bits per heavy atom. The van der Waals surface area contributed by atoms with Gasteiger partial charge >= 0.3 is 10.4 Å². The van der Waals surface area contributed by atoms with Gasteiger partial charge in [-0.1, -0.05) is 6.66 Å². The Morgan fingerprint density at radius 3 is 1.62 bits per heavy atom. The van der Waals surface area contributed by atoms with E-state index in [9.17, 15) is 8.42 Å². The van der Waals surface area contributed by atoms with E-state index >= 15 is 0 Å². The normalized spacial score (nSPS) is 9.50. The highest BCUT2D eigenvalue weighted by Crippen LogP contribution is 1.74. The average molecular weight is 160 g/mol. The van der Waals surface area contributed by atoms with Crippen LogP contribution in [-0.2, 0) is 14.6 Å². The van der Waals surface area contributed by atoms with Crippen molar-refractivity contribution in [2.24, 2.45) is 0 Å². The summed E-state index contributed by atoms with van der Waals surface area (Å²) >= 11 is 0. The summed E-state index contributed by atoms with van der Waals surface area (Å²) in [4.78, 5) is 0. The smallest absolute Gasteiger partial charge is 0.264 e. The summed E-state index contributed by atoms with van der Waals surface area (Å²) in [6, 6.07) is 0. The van der Waals surface area contributed by atoms with Gasteiger partial charge in [0.25, 0.3) is 0 Å².